The number of nitrogens with zero attached hydrogens (tertiary/aromatic N) is 6. The Morgan fingerprint density at radius 3 is 2.50 bits per heavy atom. The van der Waals surface area contributed by atoms with Crippen LogP contribution in [0.25, 0.3) is 44.6 Å². The van der Waals surface area contributed by atoms with Gasteiger partial charge in [0, 0.05) is 61.4 Å². The Morgan fingerprint density at radius 2 is 1.76 bits per heavy atom. The Balaban J connectivity index is 1.07. The van der Waals surface area contributed by atoms with Crippen molar-refractivity contribution in [2.24, 2.45) is 11.8 Å². The smallest absolute Gasteiger partial charge is 0.306 e. The van der Waals surface area contributed by atoms with Gasteiger partial charge in [-0.2, -0.15) is 5.26 Å². The maximum atomic E-state index is 13.7. The molecule has 1 aliphatic heterocycles. The van der Waals surface area contributed by atoms with Crippen LogP contribution < -0.4 is 10.9 Å². The summed E-state index contributed by atoms with van der Waals surface area (Å²) < 4.78 is 7.72. The second kappa shape index (κ2) is 14.5. The number of carbonyl (C=O) groups is 1. The van der Waals surface area contributed by atoms with E-state index in [1.54, 1.807) is 6.20 Å². The molecule has 12 heteroatoms. The Labute approximate surface area is 311 Å². The molecule has 1 saturated heterocycles. The van der Waals surface area contributed by atoms with Gasteiger partial charge in [0.25, 0.3) is 5.56 Å². The summed E-state index contributed by atoms with van der Waals surface area (Å²) in [7, 11) is 0. The van der Waals surface area contributed by atoms with Crippen molar-refractivity contribution in [1.29, 1.82) is 5.26 Å². The third-order valence-electron chi connectivity index (χ3n) is 11.1. The fourth-order valence-corrected chi connectivity index (χ4v) is 8.10. The van der Waals surface area contributed by atoms with Crippen molar-refractivity contribution in [3.05, 3.63) is 99.7 Å². The van der Waals surface area contributed by atoms with Gasteiger partial charge in [-0.05, 0) is 104 Å². The number of nitriles is 1. The highest BCUT2D eigenvalue weighted by Gasteiger charge is 2.28. The van der Waals surface area contributed by atoms with E-state index in [1.165, 1.54) is 10.8 Å². The van der Waals surface area contributed by atoms with Crippen molar-refractivity contribution in [1.82, 2.24) is 24.4 Å². The lowest BCUT2D eigenvalue weighted by molar-refractivity contribution is -0.143. The van der Waals surface area contributed by atoms with E-state index in [-0.39, 0.29) is 46.1 Å². The van der Waals surface area contributed by atoms with E-state index in [2.05, 4.69) is 45.3 Å². The van der Waals surface area contributed by atoms with E-state index < -0.39 is 5.97 Å². The van der Waals surface area contributed by atoms with Crippen LogP contribution in [0.3, 0.4) is 0 Å². The molecule has 4 aromatic heterocycles. The van der Waals surface area contributed by atoms with Gasteiger partial charge in [0.1, 0.15) is 17.1 Å². The maximum Gasteiger partial charge on any atom is 0.306 e. The van der Waals surface area contributed by atoms with E-state index in [0.29, 0.717) is 50.2 Å². The molecule has 1 aliphatic carbocycles. The Bertz CT molecular complexity index is 2510. The number of carboxylic acid groups (broad SMARTS) is 1. The number of oxazole rings is 1. The Hall–Kier alpha value is -5.90. The number of anilines is 2. The number of benzene rings is 2. The molecule has 1 atom stereocenters. The van der Waals surface area contributed by atoms with Crippen LogP contribution in [0, 0.1) is 37.0 Å². The van der Waals surface area contributed by atoms with Gasteiger partial charge in [-0.3, -0.25) is 19.5 Å². The molecule has 0 unspecified atom stereocenters. The lowest BCUT2D eigenvalue weighted by Crippen LogP contribution is -2.28. The van der Waals surface area contributed by atoms with Crippen LogP contribution in [-0.4, -0.2) is 59.8 Å². The number of aliphatic carboxylic acids is 1. The largest absolute Gasteiger partial charge is 0.481 e. The average molecular weight is 724 g/mol. The number of rotatable bonds is 9. The van der Waals surface area contributed by atoms with Crippen LogP contribution in [0.5, 0.6) is 0 Å². The normalized spacial score (nSPS) is 19.0. The Morgan fingerprint density at radius 1 is 1.00 bits per heavy atom. The lowest BCUT2D eigenvalue weighted by atomic mass is 9.82. The minimum absolute atomic E-state index is 0.105. The molecule has 12 nitrogen and oxygen atoms in total. The van der Waals surface area contributed by atoms with Crippen molar-refractivity contribution < 1.29 is 19.4 Å². The number of hydrogen-bond acceptors (Lipinski definition) is 10. The zero-order valence-corrected chi connectivity index (χ0v) is 30.2. The number of hydrogen-bond donors (Lipinski definition) is 3. The first-order chi connectivity index (χ1) is 26.2. The van der Waals surface area contributed by atoms with E-state index in [0.717, 1.165) is 63.9 Å². The van der Waals surface area contributed by atoms with Gasteiger partial charge in [-0.15, -0.1) is 0 Å². The average Bonchev–Trinajstić information content (AvgIpc) is 3.80. The molecule has 5 heterocycles. The summed E-state index contributed by atoms with van der Waals surface area (Å²) >= 11 is 0. The lowest BCUT2D eigenvalue weighted by Gasteiger charge is -2.26. The molecule has 2 aliphatic rings. The molecule has 54 heavy (non-hydrogen) atoms. The molecular formula is C42H41N7O5. The number of pyridine rings is 3. The van der Waals surface area contributed by atoms with E-state index in [1.807, 2.05) is 49.5 Å². The van der Waals surface area contributed by atoms with Gasteiger partial charge < -0.3 is 24.5 Å². The summed E-state index contributed by atoms with van der Waals surface area (Å²) in [4.78, 5) is 41.4. The van der Waals surface area contributed by atoms with Crippen LogP contribution in [0.15, 0.2) is 76.3 Å². The van der Waals surface area contributed by atoms with Gasteiger partial charge in [0.05, 0.1) is 12.0 Å². The van der Waals surface area contributed by atoms with Crippen LogP contribution >= 0.6 is 0 Å². The first-order valence-corrected chi connectivity index (χ1v) is 18.4. The number of aliphatic hydroxyl groups excluding tert-OH is 1. The highest BCUT2D eigenvalue weighted by molar-refractivity contribution is 5.91. The van der Waals surface area contributed by atoms with Gasteiger partial charge >= 0.3 is 5.97 Å². The minimum atomic E-state index is -0.769. The van der Waals surface area contributed by atoms with Crippen LogP contribution in [0.4, 0.5) is 11.5 Å². The van der Waals surface area contributed by atoms with Crippen molar-refractivity contribution in [2.45, 2.75) is 65.1 Å². The minimum Gasteiger partial charge on any atom is -0.481 e. The number of β-amino-alcohol motifs (C(OH)–C–C–N with tert-alkyl or cyclic N) is 1. The fraction of sp³-hybridized carbons (Fsp3) is 0.333. The van der Waals surface area contributed by atoms with Crippen LogP contribution in [-0.2, 0) is 17.9 Å². The maximum absolute atomic E-state index is 13.7. The first-order valence-electron chi connectivity index (χ1n) is 18.4. The SMILES string of the molecule is Cc1c(Nc2nccc3cc(CN4CC[C@@H](O)C4)cnc23)cccc1-c1cccc(-c2nc3c(=O)n(CC4CCC(C(=O)O)CC4)cc(C#N)c3o2)c1C. The zero-order valence-electron chi connectivity index (χ0n) is 30.2. The predicted molar refractivity (Wildman–Crippen MR) is 205 cm³/mol. The molecule has 274 valence electrons. The van der Waals surface area contributed by atoms with E-state index >= 15 is 0 Å². The van der Waals surface area contributed by atoms with E-state index in [4.69, 9.17) is 9.40 Å². The third kappa shape index (κ3) is 6.72. The highest BCUT2D eigenvalue weighted by Crippen LogP contribution is 2.37. The van der Waals surface area contributed by atoms with Gasteiger partial charge in [0.2, 0.25) is 5.89 Å². The number of fused-ring (bicyclic) bond motifs is 2. The molecule has 3 N–H and O–H groups in total. The molecule has 0 amide bonds. The standard InChI is InChI=1S/C42H41N7O5/c1-24-32(33-6-4-8-35(25(33)2)46-39-36-29(13-15-44-39)17-27(19-45-36)20-48-16-14-31(50)23-48)5-3-7-34(24)40-47-37-38(54-40)30(18-43)22-49(41(37)51)21-26-9-11-28(12-10-26)42(52)53/h3-8,13,15,17,19,22,26,28,31,50H,9-12,14,16,20-21,23H2,1-2H3,(H,44,46)(H,52,53)/t26?,28?,31-/m1/s1. The molecule has 1 saturated carbocycles. The summed E-state index contributed by atoms with van der Waals surface area (Å²) in [5.74, 6) is -0.0579. The monoisotopic (exact) mass is 723 g/mol. The topological polar surface area (TPSA) is 170 Å². The second-order valence-corrected chi connectivity index (χ2v) is 14.7. The fourth-order valence-electron chi connectivity index (χ4n) is 8.10. The Kier molecular flexibility index (Phi) is 9.43. The van der Waals surface area contributed by atoms with Crippen molar-refractivity contribution >= 4 is 39.5 Å². The molecule has 6 aromatic rings. The number of aromatic nitrogens is 4. The molecule has 0 bridgehead atoms. The molecule has 2 aromatic carbocycles. The van der Waals surface area contributed by atoms with Crippen molar-refractivity contribution in [3.8, 4) is 28.7 Å². The van der Waals surface area contributed by atoms with Crippen molar-refractivity contribution in [2.75, 3.05) is 18.4 Å². The highest BCUT2D eigenvalue weighted by atomic mass is 16.4. The molecule has 2 fully saturated rings. The van der Waals surface area contributed by atoms with Crippen LogP contribution in [0.1, 0.15) is 54.4 Å². The van der Waals surface area contributed by atoms with Gasteiger partial charge in [-0.25, -0.2) is 9.97 Å². The summed E-state index contributed by atoms with van der Waals surface area (Å²) in [6.45, 7) is 6.74. The molecule has 0 radical (unpaired) electrons. The summed E-state index contributed by atoms with van der Waals surface area (Å²) in [6, 6.07) is 18.2. The summed E-state index contributed by atoms with van der Waals surface area (Å²) in [5, 5.41) is 33.8. The zero-order chi connectivity index (χ0) is 37.5. The number of nitrogens with one attached hydrogen (secondary N) is 1. The molecule has 8 rings (SSSR count). The van der Waals surface area contributed by atoms with Gasteiger partial charge in [0.15, 0.2) is 16.9 Å². The number of carboxylic acids is 1. The number of likely N-dealkylation sites (tertiary alicyclic amines) is 1. The molecule has 0 spiro atoms. The second-order valence-electron chi connectivity index (χ2n) is 14.7. The summed E-state index contributed by atoms with van der Waals surface area (Å²) in [5.41, 5.74) is 7.48. The third-order valence-corrected chi connectivity index (χ3v) is 11.1. The van der Waals surface area contributed by atoms with Crippen molar-refractivity contribution in [3.63, 3.8) is 0 Å². The van der Waals surface area contributed by atoms with Gasteiger partial charge in [-0.1, -0.05) is 24.3 Å². The quantitative estimate of drug-likeness (QED) is 0.141. The molecular weight excluding hydrogens is 683 g/mol. The van der Waals surface area contributed by atoms with E-state index in [9.17, 15) is 25.1 Å². The summed E-state index contributed by atoms with van der Waals surface area (Å²) in [6.07, 6.45) is 8.30. The number of aliphatic hydroxyl groups is 1. The first kappa shape index (κ1) is 35.1. The van der Waals surface area contributed by atoms with Crippen LogP contribution in [0.2, 0.25) is 0 Å². The predicted octanol–water partition coefficient (Wildman–Crippen LogP) is 6.96.